The number of aliphatic hydroxyl groups is 1. The predicted molar refractivity (Wildman–Crippen MR) is 124 cm³/mol. The molecule has 0 radical (unpaired) electrons. The van der Waals surface area contributed by atoms with E-state index in [2.05, 4.69) is 39.8 Å². The predicted octanol–water partition coefficient (Wildman–Crippen LogP) is 4.43. The van der Waals surface area contributed by atoms with Crippen molar-refractivity contribution >= 4 is 64.2 Å². The minimum absolute atomic E-state index is 0. The first-order valence-corrected chi connectivity index (χ1v) is 10.5. The molecule has 2 rings (SSSR count). The van der Waals surface area contributed by atoms with Gasteiger partial charge in [0, 0.05) is 35.7 Å². The summed E-state index contributed by atoms with van der Waals surface area (Å²) in [7, 11) is 0. The molecule has 0 amide bonds. The summed E-state index contributed by atoms with van der Waals surface area (Å²) in [6.07, 6.45) is 0.205. The molecular formula is C17H26ClIN4OS2. The maximum absolute atomic E-state index is 10.2. The van der Waals surface area contributed by atoms with E-state index in [0.29, 0.717) is 22.8 Å². The summed E-state index contributed by atoms with van der Waals surface area (Å²) in [5, 5.41) is 20.0. The number of thiophene rings is 1. The van der Waals surface area contributed by atoms with Gasteiger partial charge in [-0.05, 0) is 19.1 Å². The van der Waals surface area contributed by atoms with Crippen LogP contribution in [0, 0.1) is 0 Å². The van der Waals surface area contributed by atoms with Gasteiger partial charge in [0.05, 0.1) is 21.6 Å². The number of halogens is 2. The lowest BCUT2D eigenvalue weighted by atomic mass is 10.2. The Morgan fingerprint density at radius 3 is 2.69 bits per heavy atom. The van der Waals surface area contributed by atoms with Crippen molar-refractivity contribution in [1.82, 2.24) is 15.6 Å². The zero-order valence-electron chi connectivity index (χ0n) is 15.2. The van der Waals surface area contributed by atoms with Crippen LogP contribution in [0.1, 0.15) is 48.4 Å². The number of aliphatic imine (C=N–C) groups is 1. The van der Waals surface area contributed by atoms with Crippen LogP contribution >= 0.6 is 58.3 Å². The Morgan fingerprint density at radius 2 is 2.12 bits per heavy atom. The molecule has 0 saturated carbocycles. The number of hydrogen-bond donors (Lipinski definition) is 3. The molecule has 2 aromatic rings. The third kappa shape index (κ3) is 7.67. The second-order valence-corrected chi connectivity index (χ2v) is 8.52. The van der Waals surface area contributed by atoms with E-state index in [1.807, 2.05) is 13.0 Å². The minimum atomic E-state index is -0.639. The lowest BCUT2D eigenvalue weighted by Gasteiger charge is -2.12. The van der Waals surface area contributed by atoms with Gasteiger partial charge in [0.25, 0.3) is 0 Å². The molecule has 0 spiro atoms. The molecule has 0 saturated heterocycles. The fraction of sp³-hybridized carbons (Fsp3) is 0.529. The summed E-state index contributed by atoms with van der Waals surface area (Å²) in [5.74, 6) is 1.17. The maximum atomic E-state index is 10.2. The van der Waals surface area contributed by atoms with Crippen LogP contribution in [0.4, 0.5) is 0 Å². The summed E-state index contributed by atoms with van der Waals surface area (Å²) < 4.78 is 0.673. The number of hydrogen-bond acceptors (Lipinski definition) is 5. The van der Waals surface area contributed by atoms with Crippen molar-refractivity contribution < 1.29 is 5.11 Å². The highest BCUT2D eigenvalue weighted by Gasteiger charge is 2.10. The van der Waals surface area contributed by atoms with Gasteiger partial charge < -0.3 is 15.7 Å². The Hall–Kier alpha value is -0.420. The summed E-state index contributed by atoms with van der Waals surface area (Å²) in [4.78, 5) is 9.92. The molecule has 0 aliphatic heterocycles. The van der Waals surface area contributed by atoms with Crippen molar-refractivity contribution in [3.8, 4) is 0 Å². The average molecular weight is 529 g/mol. The standard InChI is InChI=1S/C17H25ClN4OS2.HI/c1-4-19-17(21-9-13(23)14-5-6-15(18)25-14)20-8-7-12-10-24-16(22-12)11(2)3;/h5-6,10-11,13,23H,4,7-9H2,1-3H3,(H2,19,20,21);1H. The maximum Gasteiger partial charge on any atom is 0.191 e. The molecule has 5 nitrogen and oxygen atoms in total. The molecule has 1 unspecified atom stereocenters. The number of nitrogens with one attached hydrogen (secondary N) is 2. The molecule has 0 aliphatic rings. The first-order valence-electron chi connectivity index (χ1n) is 8.39. The van der Waals surface area contributed by atoms with Crippen LogP contribution in [0.2, 0.25) is 4.34 Å². The van der Waals surface area contributed by atoms with E-state index in [1.54, 1.807) is 17.4 Å². The average Bonchev–Trinajstić information content (AvgIpc) is 3.21. The van der Waals surface area contributed by atoms with Gasteiger partial charge in [-0.2, -0.15) is 0 Å². The Bertz CT molecular complexity index is 690. The fourth-order valence-electron chi connectivity index (χ4n) is 2.13. The van der Waals surface area contributed by atoms with Gasteiger partial charge in [-0.15, -0.1) is 46.7 Å². The molecule has 2 aromatic heterocycles. The van der Waals surface area contributed by atoms with Gasteiger partial charge in [-0.25, -0.2) is 4.98 Å². The van der Waals surface area contributed by atoms with Crippen LogP contribution in [0.15, 0.2) is 22.5 Å². The topological polar surface area (TPSA) is 69.5 Å². The number of guanidine groups is 1. The number of aromatic nitrogens is 1. The number of nitrogens with zero attached hydrogens (tertiary/aromatic N) is 2. The van der Waals surface area contributed by atoms with Crippen molar-refractivity contribution in [2.75, 3.05) is 19.6 Å². The van der Waals surface area contributed by atoms with Gasteiger partial charge in [0.15, 0.2) is 5.96 Å². The Kier molecular flexibility index (Phi) is 11.0. The highest BCUT2D eigenvalue weighted by atomic mass is 127. The van der Waals surface area contributed by atoms with Gasteiger partial charge in [0.2, 0.25) is 0 Å². The molecular weight excluding hydrogens is 503 g/mol. The van der Waals surface area contributed by atoms with Gasteiger partial charge in [0.1, 0.15) is 6.10 Å². The quantitative estimate of drug-likeness (QED) is 0.269. The zero-order chi connectivity index (χ0) is 18.2. The van der Waals surface area contributed by atoms with Crippen LogP contribution in [-0.2, 0) is 6.42 Å². The van der Waals surface area contributed by atoms with E-state index in [9.17, 15) is 5.11 Å². The van der Waals surface area contributed by atoms with Crippen molar-refractivity contribution in [1.29, 1.82) is 0 Å². The lowest BCUT2D eigenvalue weighted by Crippen LogP contribution is -2.38. The van der Waals surface area contributed by atoms with E-state index in [0.717, 1.165) is 30.1 Å². The summed E-state index contributed by atoms with van der Waals surface area (Å²) in [5.41, 5.74) is 1.10. The highest BCUT2D eigenvalue weighted by Crippen LogP contribution is 2.26. The monoisotopic (exact) mass is 528 g/mol. The van der Waals surface area contributed by atoms with Crippen LogP contribution in [-0.4, -0.2) is 35.7 Å². The van der Waals surface area contributed by atoms with Gasteiger partial charge in [-0.3, -0.25) is 4.99 Å². The smallest absolute Gasteiger partial charge is 0.191 e. The largest absolute Gasteiger partial charge is 0.386 e. The highest BCUT2D eigenvalue weighted by molar-refractivity contribution is 14.0. The third-order valence-electron chi connectivity index (χ3n) is 3.43. The van der Waals surface area contributed by atoms with E-state index in [4.69, 9.17) is 11.6 Å². The third-order valence-corrected chi connectivity index (χ3v) is 5.95. The van der Waals surface area contributed by atoms with Crippen LogP contribution < -0.4 is 10.6 Å². The SMILES string of the molecule is CCNC(=NCC(O)c1ccc(Cl)s1)NCCc1csc(C(C)C)n1.I. The Balaban J connectivity index is 0.00000338. The molecule has 0 aromatic carbocycles. The van der Waals surface area contributed by atoms with E-state index < -0.39 is 6.10 Å². The van der Waals surface area contributed by atoms with Crippen LogP contribution in [0.5, 0.6) is 0 Å². The number of thiazole rings is 1. The molecule has 9 heteroatoms. The van der Waals surface area contributed by atoms with Crippen molar-refractivity contribution in [3.63, 3.8) is 0 Å². The summed E-state index contributed by atoms with van der Waals surface area (Å²) >= 11 is 9.00. The van der Waals surface area contributed by atoms with Crippen molar-refractivity contribution in [3.05, 3.63) is 37.4 Å². The minimum Gasteiger partial charge on any atom is -0.386 e. The lowest BCUT2D eigenvalue weighted by molar-refractivity contribution is 0.191. The fourth-order valence-corrected chi connectivity index (χ4v) is 4.04. The molecule has 26 heavy (non-hydrogen) atoms. The molecule has 0 fully saturated rings. The summed E-state index contributed by atoms with van der Waals surface area (Å²) in [6.45, 7) is 8.13. The first-order chi connectivity index (χ1) is 12.0. The molecule has 2 heterocycles. The van der Waals surface area contributed by atoms with E-state index in [1.165, 1.54) is 16.3 Å². The van der Waals surface area contributed by atoms with Crippen LogP contribution in [0.25, 0.3) is 0 Å². The van der Waals surface area contributed by atoms with Crippen molar-refractivity contribution in [2.45, 2.75) is 39.2 Å². The van der Waals surface area contributed by atoms with E-state index >= 15 is 0 Å². The van der Waals surface area contributed by atoms with E-state index in [-0.39, 0.29) is 24.0 Å². The Labute approximate surface area is 185 Å². The first kappa shape index (κ1) is 23.6. The molecule has 1 atom stereocenters. The number of aliphatic hydroxyl groups excluding tert-OH is 1. The van der Waals surface area contributed by atoms with Crippen LogP contribution in [0.3, 0.4) is 0 Å². The zero-order valence-corrected chi connectivity index (χ0v) is 19.9. The molecule has 0 aliphatic carbocycles. The van der Waals surface area contributed by atoms with Crippen molar-refractivity contribution in [2.24, 2.45) is 4.99 Å². The normalized spacial score (nSPS) is 12.8. The second-order valence-electron chi connectivity index (χ2n) is 5.89. The molecule has 3 N–H and O–H groups in total. The Morgan fingerprint density at radius 1 is 1.35 bits per heavy atom. The second kappa shape index (κ2) is 12.1. The van der Waals surface area contributed by atoms with Gasteiger partial charge in [-0.1, -0.05) is 25.4 Å². The summed E-state index contributed by atoms with van der Waals surface area (Å²) in [6, 6.07) is 3.62. The van der Waals surface area contributed by atoms with Gasteiger partial charge >= 0.3 is 0 Å². The molecule has 0 bridgehead atoms. The molecule has 146 valence electrons. The number of rotatable bonds is 8.